The van der Waals surface area contributed by atoms with Crippen molar-refractivity contribution in [1.82, 2.24) is 4.98 Å². The van der Waals surface area contributed by atoms with Crippen LogP contribution in [0.4, 0.5) is 0 Å². The molecule has 0 spiro atoms. The first-order valence-corrected chi connectivity index (χ1v) is 6.39. The van der Waals surface area contributed by atoms with E-state index < -0.39 is 0 Å². The second-order valence-electron chi connectivity index (χ2n) is 4.32. The van der Waals surface area contributed by atoms with Gasteiger partial charge in [-0.1, -0.05) is 6.07 Å². The molecule has 0 aliphatic carbocycles. The van der Waals surface area contributed by atoms with Crippen LogP contribution in [0.25, 0.3) is 6.08 Å². The molecule has 1 aromatic heterocycles. The summed E-state index contributed by atoms with van der Waals surface area (Å²) in [6, 6.07) is 8.92. The Balaban J connectivity index is 1.92. The second-order valence-corrected chi connectivity index (χ2v) is 4.32. The van der Waals surface area contributed by atoms with E-state index in [4.69, 9.17) is 9.47 Å². The fraction of sp³-hybridized carbons (Fsp3) is 0.125. The highest BCUT2D eigenvalue weighted by molar-refractivity contribution is 6.14. The van der Waals surface area contributed by atoms with Gasteiger partial charge in [0, 0.05) is 18.5 Å². The van der Waals surface area contributed by atoms with E-state index in [1.807, 2.05) is 19.1 Å². The Morgan fingerprint density at radius 1 is 1.35 bits per heavy atom. The molecule has 0 atom stereocenters. The summed E-state index contributed by atoms with van der Waals surface area (Å²) in [5.74, 6) is 1.42. The van der Waals surface area contributed by atoms with Crippen LogP contribution in [0.2, 0.25) is 0 Å². The van der Waals surface area contributed by atoms with Crippen LogP contribution in [-0.4, -0.2) is 17.4 Å². The van der Waals surface area contributed by atoms with Crippen molar-refractivity contribution in [3.8, 4) is 11.5 Å². The van der Waals surface area contributed by atoms with Crippen molar-refractivity contribution in [2.75, 3.05) is 6.61 Å². The van der Waals surface area contributed by atoms with E-state index in [0.717, 1.165) is 5.56 Å². The number of Topliss-reactive ketones (excluding diaryl/α,β-unsaturated/α-hetero) is 1. The highest BCUT2D eigenvalue weighted by Crippen LogP contribution is 2.34. The lowest BCUT2D eigenvalue weighted by atomic mass is 10.1. The minimum Gasteiger partial charge on any atom is -0.494 e. The summed E-state index contributed by atoms with van der Waals surface area (Å²) in [7, 11) is 0. The molecule has 3 rings (SSSR count). The Morgan fingerprint density at radius 2 is 2.25 bits per heavy atom. The molecule has 2 aromatic rings. The van der Waals surface area contributed by atoms with Crippen molar-refractivity contribution in [1.29, 1.82) is 0 Å². The van der Waals surface area contributed by atoms with E-state index in [1.54, 1.807) is 36.7 Å². The largest absolute Gasteiger partial charge is 0.494 e. The van der Waals surface area contributed by atoms with Crippen LogP contribution >= 0.6 is 0 Å². The number of carbonyl (C=O) groups excluding carboxylic acids is 1. The maximum absolute atomic E-state index is 12.2. The molecule has 1 aromatic carbocycles. The molecular weight excluding hydrogens is 254 g/mol. The number of ketones is 1. The predicted molar refractivity (Wildman–Crippen MR) is 74.8 cm³/mol. The molecule has 0 radical (unpaired) electrons. The van der Waals surface area contributed by atoms with Gasteiger partial charge in [0.2, 0.25) is 5.78 Å². The van der Waals surface area contributed by atoms with Gasteiger partial charge < -0.3 is 9.47 Å². The Morgan fingerprint density at radius 3 is 3.00 bits per heavy atom. The first-order chi connectivity index (χ1) is 9.78. The molecule has 0 fully saturated rings. The number of pyridine rings is 1. The quantitative estimate of drug-likeness (QED) is 0.802. The third-order valence-corrected chi connectivity index (χ3v) is 2.93. The van der Waals surface area contributed by atoms with Gasteiger partial charge in [-0.3, -0.25) is 9.78 Å². The topological polar surface area (TPSA) is 48.4 Å². The number of carbonyl (C=O) groups is 1. The van der Waals surface area contributed by atoms with Crippen molar-refractivity contribution in [2.45, 2.75) is 6.92 Å². The number of benzene rings is 1. The van der Waals surface area contributed by atoms with Crippen molar-refractivity contribution in [3.05, 3.63) is 59.6 Å². The Labute approximate surface area is 116 Å². The van der Waals surface area contributed by atoms with E-state index in [2.05, 4.69) is 4.98 Å². The van der Waals surface area contributed by atoms with Crippen LogP contribution in [0.3, 0.4) is 0 Å². The third-order valence-electron chi connectivity index (χ3n) is 2.93. The summed E-state index contributed by atoms with van der Waals surface area (Å²) in [4.78, 5) is 16.2. The fourth-order valence-corrected chi connectivity index (χ4v) is 2.04. The van der Waals surface area contributed by atoms with Crippen LogP contribution < -0.4 is 9.47 Å². The summed E-state index contributed by atoms with van der Waals surface area (Å²) in [6.45, 7) is 2.48. The van der Waals surface area contributed by atoms with Gasteiger partial charge in [0.25, 0.3) is 0 Å². The Bertz CT molecular complexity index is 677. The number of rotatable bonds is 3. The summed E-state index contributed by atoms with van der Waals surface area (Å²) in [5.41, 5.74) is 1.39. The lowest BCUT2D eigenvalue weighted by Gasteiger charge is -2.03. The van der Waals surface area contributed by atoms with E-state index in [0.29, 0.717) is 29.4 Å². The zero-order valence-electron chi connectivity index (χ0n) is 11.0. The lowest BCUT2D eigenvalue weighted by molar-refractivity contribution is 0.101. The first-order valence-electron chi connectivity index (χ1n) is 6.39. The smallest absolute Gasteiger partial charge is 0.231 e. The third kappa shape index (κ3) is 2.28. The average molecular weight is 267 g/mol. The first kappa shape index (κ1) is 12.4. The van der Waals surface area contributed by atoms with Gasteiger partial charge in [0.1, 0.15) is 11.5 Å². The highest BCUT2D eigenvalue weighted by atomic mass is 16.5. The van der Waals surface area contributed by atoms with E-state index >= 15 is 0 Å². The zero-order chi connectivity index (χ0) is 13.9. The number of allylic oxidation sites excluding steroid dienone is 1. The van der Waals surface area contributed by atoms with Crippen LogP contribution in [0.15, 0.2) is 48.5 Å². The van der Waals surface area contributed by atoms with Gasteiger partial charge in [0.05, 0.1) is 12.2 Å². The Kier molecular flexibility index (Phi) is 3.21. The van der Waals surface area contributed by atoms with E-state index in [1.165, 1.54) is 0 Å². The summed E-state index contributed by atoms with van der Waals surface area (Å²) >= 11 is 0. The van der Waals surface area contributed by atoms with Crippen LogP contribution in [0.5, 0.6) is 11.5 Å². The molecule has 20 heavy (non-hydrogen) atoms. The fourth-order valence-electron chi connectivity index (χ4n) is 2.04. The predicted octanol–water partition coefficient (Wildman–Crippen LogP) is 3.10. The van der Waals surface area contributed by atoms with Crippen molar-refractivity contribution < 1.29 is 14.3 Å². The summed E-state index contributed by atoms with van der Waals surface area (Å²) < 4.78 is 11.0. The standard InChI is InChI=1S/C16H13NO3/c1-2-19-12-5-6-13-14(9-12)20-15(16(13)18)8-11-4-3-7-17-10-11/h3-10H,2H2,1H3. The van der Waals surface area contributed by atoms with Crippen molar-refractivity contribution >= 4 is 11.9 Å². The molecule has 4 nitrogen and oxygen atoms in total. The number of ether oxygens (including phenoxy) is 2. The number of hydrogen-bond acceptors (Lipinski definition) is 4. The zero-order valence-corrected chi connectivity index (χ0v) is 11.0. The molecule has 0 saturated heterocycles. The van der Waals surface area contributed by atoms with Gasteiger partial charge in [0.15, 0.2) is 5.76 Å². The van der Waals surface area contributed by atoms with Crippen LogP contribution in [0.1, 0.15) is 22.8 Å². The molecule has 100 valence electrons. The maximum atomic E-state index is 12.2. The number of hydrogen-bond donors (Lipinski definition) is 0. The van der Waals surface area contributed by atoms with Crippen LogP contribution in [-0.2, 0) is 0 Å². The van der Waals surface area contributed by atoms with Gasteiger partial charge in [-0.2, -0.15) is 0 Å². The highest BCUT2D eigenvalue weighted by Gasteiger charge is 2.27. The Hall–Kier alpha value is -2.62. The molecule has 1 aliphatic heterocycles. The molecule has 0 saturated carbocycles. The second kappa shape index (κ2) is 5.17. The minimum absolute atomic E-state index is 0.119. The molecule has 0 amide bonds. The SMILES string of the molecule is CCOc1ccc2c(c1)OC(=Cc1cccnc1)C2=O. The molecule has 0 bridgehead atoms. The van der Waals surface area contributed by atoms with Crippen LogP contribution in [0, 0.1) is 0 Å². The van der Waals surface area contributed by atoms with Crippen molar-refractivity contribution in [3.63, 3.8) is 0 Å². The van der Waals surface area contributed by atoms with E-state index in [-0.39, 0.29) is 5.78 Å². The van der Waals surface area contributed by atoms with Gasteiger partial charge in [-0.25, -0.2) is 0 Å². The monoisotopic (exact) mass is 267 g/mol. The minimum atomic E-state index is -0.119. The molecule has 4 heteroatoms. The number of aromatic nitrogens is 1. The molecule has 0 unspecified atom stereocenters. The molecule has 1 aliphatic rings. The lowest BCUT2D eigenvalue weighted by Crippen LogP contribution is -1.98. The maximum Gasteiger partial charge on any atom is 0.231 e. The number of nitrogens with zero attached hydrogens (tertiary/aromatic N) is 1. The van der Waals surface area contributed by atoms with Gasteiger partial charge in [-0.15, -0.1) is 0 Å². The molecule has 2 heterocycles. The van der Waals surface area contributed by atoms with Crippen molar-refractivity contribution in [2.24, 2.45) is 0 Å². The van der Waals surface area contributed by atoms with Gasteiger partial charge >= 0.3 is 0 Å². The molecular formula is C16H13NO3. The van der Waals surface area contributed by atoms with E-state index in [9.17, 15) is 4.79 Å². The van der Waals surface area contributed by atoms with Gasteiger partial charge in [-0.05, 0) is 36.8 Å². The average Bonchev–Trinajstić information content (AvgIpc) is 2.77. The number of fused-ring (bicyclic) bond motifs is 1. The summed E-state index contributed by atoms with van der Waals surface area (Å²) in [6.07, 6.45) is 5.05. The normalized spacial score (nSPS) is 15.1. The molecule has 0 N–H and O–H groups in total. The summed E-state index contributed by atoms with van der Waals surface area (Å²) in [5, 5.41) is 0.